The van der Waals surface area contributed by atoms with Crippen LogP contribution in [0.2, 0.25) is 0 Å². The molecule has 0 amide bonds. The van der Waals surface area contributed by atoms with Gasteiger partial charge in [-0.3, -0.25) is 9.35 Å². The molecule has 2 aromatic rings. The second kappa shape index (κ2) is 5.10. The topological polar surface area (TPSA) is 71.4 Å². The number of halogens is 2. The van der Waals surface area contributed by atoms with E-state index in [1.807, 2.05) is 0 Å². The summed E-state index contributed by atoms with van der Waals surface area (Å²) in [5.74, 6) is -3.11. The molecule has 20 heavy (non-hydrogen) atoms. The van der Waals surface area contributed by atoms with E-state index in [1.54, 1.807) is 0 Å². The molecule has 0 radical (unpaired) electrons. The molecule has 0 aromatic heterocycles. The number of carbonyl (C=O) groups is 1. The van der Waals surface area contributed by atoms with Gasteiger partial charge in [0, 0.05) is 5.56 Å². The van der Waals surface area contributed by atoms with Crippen LogP contribution in [0.4, 0.5) is 8.78 Å². The highest BCUT2D eigenvalue weighted by atomic mass is 32.2. The summed E-state index contributed by atoms with van der Waals surface area (Å²) < 4.78 is 57.8. The van der Waals surface area contributed by atoms with Gasteiger partial charge in [-0.25, -0.2) is 8.78 Å². The molecule has 0 aliphatic rings. The maximum atomic E-state index is 13.5. The smallest absolute Gasteiger partial charge is 0.288 e. The third-order valence-corrected chi connectivity index (χ3v) is 3.43. The molecule has 0 aliphatic heterocycles. The quantitative estimate of drug-likeness (QED) is 0.698. The van der Waals surface area contributed by atoms with Gasteiger partial charge in [-0.1, -0.05) is 18.2 Å². The molecule has 4 nitrogen and oxygen atoms in total. The minimum absolute atomic E-state index is 0.246. The van der Waals surface area contributed by atoms with Gasteiger partial charge < -0.3 is 0 Å². The molecule has 104 valence electrons. The number of hydrogen-bond acceptors (Lipinski definition) is 3. The number of hydrogen-bond donors (Lipinski definition) is 1. The molecule has 0 fully saturated rings. The molecule has 0 spiro atoms. The molecule has 0 heterocycles. The van der Waals surface area contributed by atoms with Crippen molar-refractivity contribution in [1.82, 2.24) is 0 Å². The van der Waals surface area contributed by atoms with Crippen LogP contribution in [0.15, 0.2) is 47.4 Å². The summed E-state index contributed by atoms with van der Waals surface area (Å²) in [5, 5.41) is 0. The molecule has 0 aliphatic carbocycles. The van der Waals surface area contributed by atoms with Crippen LogP contribution < -0.4 is 0 Å². The fourth-order valence-corrected chi connectivity index (χ4v) is 2.18. The van der Waals surface area contributed by atoms with Crippen molar-refractivity contribution < 1.29 is 26.5 Å². The Morgan fingerprint density at radius 3 is 2.10 bits per heavy atom. The molecular formula is C13H8F2O4S. The fourth-order valence-electron chi connectivity index (χ4n) is 1.66. The lowest BCUT2D eigenvalue weighted by Gasteiger charge is -2.05. The van der Waals surface area contributed by atoms with Crippen LogP contribution in [0.3, 0.4) is 0 Å². The van der Waals surface area contributed by atoms with Gasteiger partial charge in [-0.15, -0.1) is 0 Å². The zero-order valence-corrected chi connectivity index (χ0v) is 10.7. The average Bonchev–Trinajstić information content (AvgIpc) is 2.37. The molecule has 0 saturated carbocycles. The van der Waals surface area contributed by atoms with Crippen LogP contribution in [0, 0.1) is 11.6 Å². The van der Waals surface area contributed by atoms with Crippen LogP contribution in [0.1, 0.15) is 15.9 Å². The molecule has 1 N–H and O–H groups in total. The highest BCUT2D eigenvalue weighted by Gasteiger charge is 2.20. The van der Waals surface area contributed by atoms with E-state index in [0.29, 0.717) is 0 Å². The first-order valence-corrected chi connectivity index (χ1v) is 6.81. The maximum Gasteiger partial charge on any atom is 0.294 e. The van der Waals surface area contributed by atoms with Gasteiger partial charge in [0.25, 0.3) is 10.1 Å². The average molecular weight is 298 g/mol. The summed E-state index contributed by atoms with van der Waals surface area (Å²) in [4.78, 5) is 11.5. The van der Waals surface area contributed by atoms with Crippen LogP contribution in [-0.4, -0.2) is 18.8 Å². The van der Waals surface area contributed by atoms with Crippen molar-refractivity contribution in [3.8, 4) is 0 Å². The summed E-state index contributed by atoms with van der Waals surface area (Å²) in [7, 11) is -4.50. The molecule has 0 saturated heterocycles. The van der Waals surface area contributed by atoms with Crippen LogP contribution in [0.25, 0.3) is 0 Å². The van der Waals surface area contributed by atoms with Gasteiger partial charge >= 0.3 is 0 Å². The second-order valence-corrected chi connectivity index (χ2v) is 5.35. The minimum atomic E-state index is -4.50. The summed E-state index contributed by atoms with van der Waals surface area (Å²) in [5.41, 5.74) is -1.02. The Hall–Kier alpha value is -2.12. The number of ketones is 1. The third-order valence-electron chi connectivity index (χ3n) is 2.58. The molecular weight excluding hydrogens is 290 g/mol. The van der Waals surface area contributed by atoms with E-state index in [9.17, 15) is 22.0 Å². The van der Waals surface area contributed by atoms with E-state index >= 15 is 0 Å². The Kier molecular flexibility index (Phi) is 3.65. The van der Waals surface area contributed by atoms with E-state index in [0.717, 1.165) is 30.3 Å². The number of benzene rings is 2. The van der Waals surface area contributed by atoms with Crippen molar-refractivity contribution in [2.24, 2.45) is 0 Å². The number of carbonyl (C=O) groups excluding carboxylic acids is 1. The van der Waals surface area contributed by atoms with E-state index in [2.05, 4.69) is 0 Å². The Bertz CT molecular complexity index is 764. The Morgan fingerprint density at radius 1 is 1.00 bits per heavy atom. The van der Waals surface area contributed by atoms with Gasteiger partial charge in [-0.05, 0) is 24.3 Å². The van der Waals surface area contributed by atoms with Gasteiger partial charge in [0.05, 0.1) is 10.5 Å². The summed E-state index contributed by atoms with van der Waals surface area (Å²) in [6, 6.07) is 7.24. The maximum absolute atomic E-state index is 13.5. The molecule has 7 heteroatoms. The SMILES string of the molecule is O=C(c1cccc(S(=O)(=O)O)c1)c1c(F)cccc1F. The van der Waals surface area contributed by atoms with Crippen molar-refractivity contribution in [2.75, 3.05) is 0 Å². The normalized spacial score (nSPS) is 11.3. The molecule has 0 bridgehead atoms. The van der Waals surface area contributed by atoms with E-state index in [4.69, 9.17) is 4.55 Å². The molecule has 0 atom stereocenters. The van der Waals surface area contributed by atoms with Crippen molar-refractivity contribution >= 4 is 15.9 Å². The highest BCUT2D eigenvalue weighted by molar-refractivity contribution is 7.85. The summed E-state index contributed by atoms with van der Waals surface area (Å²) >= 11 is 0. The number of rotatable bonds is 3. The van der Waals surface area contributed by atoms with Crippen LogP contribution in [-0.2, 0) is 10.1 Å². The van der Waals surface area contributed by atoms with Gasteiger partial charge in [0.2, 0.25) is 0 Å². The van der Waals surface area contributed by atoms with E-state index in [-0.39, 0.29) is 5.56 Å². The second-order valence-electron chi connectivity index (χ2n) is 3.93. The lowest BCUT2D eigenvalue weighted by molar-refractivity contribution is 0.103. The Labute approximate surface area is 113 Å². The Balaban J connectivity index is 2.55. The lowest BCUT2D eigenvalue weighted by Crippen LogP contribution is -2.08. The van der Waals surface area contributed by atoms with E-state index in [1.165, 1.54) is 12.1 Å². The predicted octanol–water partition coefficient (Wildman–Crippen LogP) is 2.44. The van der Waals surface area contributed by atoms with Crippen LogP contribution >= 0.6 is 0 Å². The molecule has 0 unspecified atom stereocenters. The standard InChI is InChI=1S/C13H8F2O4S/c14-10-5-2-6-11(15)12(10)13(16)8-3-1-4-9(7-8)20(17,18)19/h1-7H,(H,17,18,19). The molecule has 2 aromatic carbocycles. The highest BCUT2D eigenvalue weighted by Crippen LogP contribution is 2.19. The first-order valence-electron chi connectivity index (χ1n) is 5.37. The fraction of sp³-hybridized carbons (Fsp3) is 0. The van der Waals surface area contributed by atoms with Crippen molar-refractivity contribution in [2.45, 2.75) is 4.90 Å². The largest absolute Gasteiger partial charge is 0.294 e. The molecule has 2 rings (SSSR count). The monoisotopic (exact) mass is 298 g/mol. The van der Waals surface area contributed by atoms with Crippen molar-refractivity contribution in [3.05, 3.63) is 65.2 Å². The predicted molar refractivity (Wildman–Crippen MR) is 66.0 cm³/mol. The van der Waals surface area contributed by atoms with Gasteiger partial charge in [0.15, 0.2) is 5.78 Å². The Morgan fingerprint density at radius 2 is 1.55 bits per heavy atom. The first-order chi connectivity index (χ1) is 9.30. The summed E-state index contributed by atoms with van der Waals surface area (Å²) in [6.07, 6.45) is 0. The minimum Gasteiger partial charge on any atom is -0.288 e. The zero-order valence-electron chi connectivity index (χ0n) is 9.88. The van der Waals surface area contributed by atoms with Crippen LogP contribution in [0.5, 0.6) is 0 Å². The third kappa shape index (κ3) is 2.73. The van der Waals surface area contributed by atoms with Gasteiger partial charge in [0.1, 0.15) is 11.6 Å². The zero-order chi connectivity index (χ0) is 14.9. The lowest BCUT2D eigenvalue weighted by atomic mass is 10.0. The summed E-state index contributed by atoms with van der Waals surface area (Å²) in [6.45, 7) is 0. The van der Waals surface area contributed by atoms with Crippen molar-refractivity contribution in [3.63, 3.8) is 0 Å². The van der Waals surface area contributed by atoms with E-state index < -0.39 is 38.0 Å². The first kappa shape index (κ1) is 14.3. The van der Waals surface area contributed by atoms with Crippen molar-refractivity contribution in [1.29, 1.82) is 0 Å². The van der Waals surface area contributed by atoms with Gasteiger partial charge in [-0.2, -0.15) is 8.42 Å².